The van der Waals surface area contributed by atoms with Gasteiger partial charge in [-0.3, -0.25) is 9.78 Å². The number of hydrogen-bond donors (Lipinski definition) is 1. The topological polar surface area (TPSA) is 98.5 Å². The molecule has 0 spiro atoms. The fourth-order valence-corrected chi connectivity index (χ4v) is 4.74. The smallest absolute Gasteiger partial charge is 0.287 e. The van der Waals surface area contributed by atoms with Crippen LogP contribution in [0.2, 0.25) is 0 Å². The minimum absolute atomic E-state index is 0.205. The summed E-state index contributed by atoms with van der Waals surface area (Å²) in [6, 6.07) is 9.93. The summed E-state index contributed by atoms with van der Waals surface area (Å²) in [5.74, 6) is -0.139. The Morgan fingerprint density at radius 1 is 1.18 bits per heavy atom. The first-order valence-electron chi connectivity index (χ1n) is 9.10. The predicted molar refractivity (Wildman–Crippen MR) is 102 cm³/mol. The summed E-state index contributed by atoms with van der Waals surface area (Å²) in [4.78, 5) is 16.5. The molecule has 0 aliphatic carbocycles. The molecule has 1 fully saturated rings. The van der Waals surface area contributed by atoms with Gasteiger partial charge in [-0.15, -0.1) is 0 Å². The second kappa shape index (κ2) is 7.73. The van der Waals surface area contributed by atoms with Crippen molar-refractivity contribution < 1.29 is 22.4 Å². The molecule has 0 saturated carbocycles. The summed E-state index contributed by atoms with van der Waals surface area (Å²) in [6.45, 7) is 0.736. The first-order valence-corrected chi connectivity index (χ1v) is 10.6. The number of carbonyl (C=O) groups excluding carboxylic acids is 1. The molecule has 0 radical (unpaired) electrons. The maximum Gasteiger partial charge on any atom is 0.287 e. The van der Waals surface area contributed by atoms with Crippen LogP contribution in [0.1, 0.15) is 35.4 Å². The van der Waals surface area contributed by atoms with Crippen molar-refractivity contribution >= 4 is 26.7 Å². The number of ether oxygens (including phenoxy) is 1. The summed E-state index contributed by atoms with van der Waals surface area (Å²) in [5.41, 5.74) is 0.566. The highest BCUT2D eigenvalue weighted by atomic mass is 32.2. The maximum atomic E-state index is 12.6. The largest absolute Gasteiger partial charge is 0.449 e. The first kappa shape index (κ1) is 18.6. The third-order valence-electron chi connectivity index (χ3n) is 4.74. The van der Waals surface area contributed by atoms with Crippen LogP contribution in [0.15, 0.2) is 58.1 Å². The second-order valence-electron chi connectivity index (χ2n) is 6.69. The summed E-state index contributed by atoms with van der Waals surface area (Å²) >= 11 is 0. The van der Waals surface area contributed by atoms with Gasteiger partial charge in [0.2, 0.25) is 9.84 Å². The number of aromatic nitrogens is 1. The fourth-order valence-electron chi connectivity index (χ4n) is 3.17. The molecule has 3 heterocycles. The number of benzene rings is 1. The SMILES string of the molecule is O=C(NCc1ccc(S(=O)(=O)C2CCCCO2)cc1)c1cc2ccncc2o1. The Hall–Kier alpha value is -2.71. The molecule has 1 aliphatic heterocycles. The summed E-state index contributed by atoms with van der Waals surface area (Å²) in [7, 11) is -3.50. The van der Waals surface area contributed by atoms with E-state index < -0.39 is 15.3 Å². The zero-order chi connectivity index (χ0) is 19.6. The molecule has 4 rings (SSSR count). The van der Waals surface area contributed by atoms with Crippen molar-refractivity contribution in [3.05, 3.63) is 60.1 Å². The van der Waals surface area contributed by atoms with E-state index in [4.69, 9.17) is 9.15 Å². The Bertz CT molecular complexity index is 1050. The monoisotopic (exact) mass is 400 g/mol. The molecule has 8 heteroatoms. The van der Waals surface area contributed by atoms with Gasteiger partial charge in [0.05, 0.1) is 11.1 Å². The van der Waals surface area contributed by atoms with E-state index in [1.807, 2.05) is 0 Å². The Balaban J connectivity index is 1.41. The normalized spacial score (nSPS) is 17.5. The molecule has 1 saturated heterocycles. The lowest BCUT2D eigenvalue weighted by atomic mass is 10.2. The standard InChI is InChI=1S/C20H20N2O5S/c23-20(17-11-15-8-9-21-13-18(15)27-17)22-12-14-4-6-16(7-5-14)28(24,25)19-3-1-2-10-26-19/h4-9,11,13,19H,1-3,10,12H2,(H,22,23). The molecule has 1 aliphatic rings. The van der Waals surface area contributed by atoms with Crippen LogP contribution >= 0.6 is 0 Å². The number of pyridine rings is 1. The van der Waals surface area contributed by atoms with Gasteiger partial charge < -0.3 is 14.5 Å². The lowest BCUT2D eigenvalue weighted by Gasteiger charge is -2.22. The number of nitrogens with zero attached hydrogens (tertiary/aromatic N) is 1. The van der Waals surface area contributed by atoms with Crippen LogP contribution in [0.5, 0.6) is 0 Å². The molecule has 2 aromatic heterocycles. The summed E-state index contributed by atoms with van der Waals surface area (Å²) < 4.78 is 36.1. The van der Waals surface area contributed by atoms with Crippen LogP contribution in [0.25, 0.3) is 11.0 Å². The number of carbonyl (C=O) groups is 1. The summed E-state index contributed by atoms with van der Waals surface area (Å²) in [5, 5.41) is 3.58. The number of nitrogens with one attached hydrogen (secondary N) is 1. The molecule has 1 N–H and O–H groups in total. The number of rotatable bonds is 5. The van der Waals surface area contributed by atoms with E-state index in [0.29, 0.717) is 18.6 Å². The van der Waals surface area contributed by atoms with Crippen molar-refractivity contribution in [1.29, 1.82) is 0 Å². The number of furan rings is 1. The van der Waals surface area contributed by atoms with Crippen LogP contribution in [-0.2, 0) is 21.1 Å². The van der Waals surface area contributed by atoms with E-state index in [1.54, 1.807) is 48.8 Å². The van der Waals surface area contributed by atoms with Crippen molar-refractivity contribution in [2.45, 2.75) is 36.1 Å². The molecule has 3 aromatic rings. The van der Waals surface area contributed by atoms with Gasteiger partial charge >= 0.3 is 0 Å². The van der Waals surface area contributed by atoms with Gasteiger partial charge in [-0.25, -0.2) is 8.42 Å². The highest BCUT2D eigenvalue weighted by molar-refractivity contribution is 7.91. The van der Waals surface area contributed by atoms with E-state index in [1.165, 1.54) is 0 Å². The van der Waals surface area contributed by atoms with Gasteiger partial charge in [0.1, 0.15) is 0 Å². The third kappa shape index (κ3) is 3.79. The van der Waals surface area contributed by atoms with Gasteiger partial charge in [-0.1, -0.05) is 12.1 Å². The average molecular weight is 400 g/mol. The molecule has 0 bridgehead atoms. The van der Waals surface area contributed by atoms with Gasteiger partial charge in [-0.2, -0.15) is 0 Å². The molecular weight excluding hydrogens is 380 g/mol. The Morgan fingerprint density at radius 2 is 2.00 bits per heavy atom. The van der Waals surface area contributed by atoms with Gasteiger partial charge in [0, 0.05) is 24.7 Å². The molecular formula is C20H20N2O5S. The molecule has 1 unspecified atom stereocenters. The molecule has 1 aromatic carbocycles. The van der Waals surface area contributed by atoms with Crippen LogP contribution in [0.4, 0.5) is 0 Å². The van der Waals surface area contributed by atoms with E-state index >= 15 is 0 Å². The molecule has 28 heavy (non-hydrogen) atoms. The molecule has 146 valence electrons. The van der Waals surface area contributed by atoms with Gasteiger partial charge in [-0.05, 0) is 49.1 Å². The maximum absolute atomic E-state index is 12.6. The van der Waals surface area contributed by atoms with Crippen molar-refractivity contribution in [2.75, 3.05) is 6.61 Å². The number of fused-ring (bicyclic) bond motifs is 1. The lowest BCUT2D eigenvalue weighted by molar-refractivity contribution is 0.0661. The van der Waals surface area contributed by atoms with Crippen molar-refractivity contribution in [2.24, 2.45) is 0 Å². The van der Waals surface area contributed by atoms with Crippen LogP contribution in [0, 0.1) is 0 Å². The highest BCUT2D eigenvalue weighted by Crippen LogP contribution is 2.25. The number of sulfone groups is 1. The molecule has 1 atom stereocenters. The van der Waals surface area contributed by atoms with Crippen molar-refractivity contribution in [1.82, 2.24) is 10.3 Å². The predicted octanol–water partition coefficient (Wildman–Crippen LogP) is 3.06. The highest BCUT2D eigenvalue weighted by Gasteiger charge is 2.29. The fraction of sp³-hybridized carbons (Fsp3) is 0.300. The third-order valence-corrected chi connectivity index (χ3v) is 6.73. The van der Waals surface area contributed by atoms with Crippen molar-refractivity contribution in [3.8, 4) is 0 Å². The Labute approximate surface area is 162 Å². The van der Waals surface area contributed by atoms with E-state index in [2.05, 4.69) is 10.3 Å². The molecule has 7 nitrogen and oxygen atoms in total. The second-order valence-corrected chi connectivity index (χ2v) is 8.78. The van der Waals surface area contributed by atoms with E-state index in [9.17, 15) is 13.2 Å². The average Bonchev–Trinajstić information content (AvgIpc) is 3.17. The molecule has 1 amide bonds. The van der Waals surface area contributed by atoms with E-state index in [0.717, 1.165) is 23.8 Å². The van der Waals surface area contributed by atoms with Crippen LogP contribution < -0.4 is 5.32 Å². The van der Waals surface area contributed by atoms with Crippen molar-refractivity contribution in [3.63, 3.8) is 0 Å². The first-order chi connectivity index (χ1) is 13.5. The quantitative estimate of drug-likeness (QED) is 0.707. The zero-order valence-corrected chi connectivity index (χ0v) is 15.9. The Kier molecular flexibility index (Phi) is 5.15. The van der Waals surface area contributed by atoms with E-state index in [-0.39, 0.29) is 23.1 Å². The number of hydrogen-bond acceptors (Lipinski definition) is 6. The lowest BCUT2D eigenvalue weighted by Crippen LogP contribution is -2.28. The van der Waals surface area contributed by atoms with Crippen LogP contribution in [0.3, 0.4) is 0 Å². The Morgan fingerprint density at radius 3 is 2.71 bits per heavy atom. The zero-order valence-electron chi connectivity index (χ0n) is 15.1. The minimum Gasteiger partial charge on any atom is -0.449 e. The summed E-state index contributed by atoms with van der Waals surface area (Å²) in [6.07, 6.45) is 5.46. The van der Waals surface area contributed by atoms with Gasteiger partial charge in [0.15, 0.2) is 16.8 Å². The number of amides is 1. The van der Waals surface area contributed by atoms with Crippen LogP contribution in [-0.4, -0.2) is 31.4 Å². The minimum atomic E-state index is -3.50. The van der Waals surface area contributed by atoms with Gasteiger partial charge in [0.25, 0.3) is 5.91 Å².